The Balaban J connectivity index is 1.26. The average molecular weight is 413 g/mol. The van der Waals surface area contributed by atoms with Gasteiger partial charge in [-0.2, -0.15) is 0 Å². The Labute approximate surface area is 181 Å². The van der Waals surface area contributed by atoms with Gasteiger partial charge in [-0.05, 0) is 64.8 Å². The molecule has 2 atom stereocenters. The Hall–Kier alpha value is -3.47. The number of hydrogen-bond donors (Lipinski definition) is 0. The molecule has 2 bridgehead atoms. The zero-order chi connectivity index (χ0) is 20.8. The summed E-state index contributed by atoms with van der Waals surface area (Å²) in [7, 11) is 0. The highest BCUT2D eigenvalue weighted by Crippen LogP contribution is 2.50. The van der Waals surface area contributed by atoms with E-state index in [1.807, 2.05) is 47.4 Å². The molecule has 0 spiro atoms. The minimum Gasteiger partial charge on any atom is -0.454 e. The quantitative estimate of drug-likeness (QED) is 0.556. The summed E-state index contributed by atoms with van der Waals surface area (Å²) in [5.41, 5.74) is 5.83. The Morgan fingerprint density at radius 2 is 1.74 bits per heavy atom. The van der Waals surface area contributed by atoms with E-state index in [0.29, 0.717) is 12.5 Å². The van der Waals surface area contributed by atoms with Gasteiger partial charge in [0, 0.05) is 6.54 Å². The van der Waals surface area contributed by atoms with Crippen LogP contribution in [0.1, 0.15) is 41.5 Å². The summed E-state index contributed by atoms with van der Waals surface area (Å²) in [5, 5.41) is 0. The lowest BCUT2D eigenvalue weighted by molar-refractivity contribution is 0.0694. The van der Waals surface area contributed by atoms with E-state index >= 15 is 0 Å². The smallest absolute Gasteiger partial charge is 0.410 e. The molecule has 5 nitrogen and oxygen atoms in total. The van der Waals surface area contributed by atoms with Crippen molar-refractivity contribution in [3.63, 3.8) is 0 Å². The zero-order valence-electron chi connectivity index (χ0n) is 17.1. The minimum atomic E-state index is -0.228. The molecule has 1 amide bonds. The predicted molar refractivity (Wildman–Crippen MR) is 116 cm³/mol. The van der Waals surface area contributed by atoms with Gasteiger partial charge in [0.2, 0.25) is 6.79 Å². The van der Waals surface area contributed by atoms with Crippen molar-refractivity contribution >= 4 is 6.09 Å². The molecule has 3 aromatic rings. The lowest BCUT2D eigenvalue weighted by Crippen LogP contribution is -2.37. The second kappa shape index (κ2) is 7.34. The fourth-order valence-corrected chi connectivity index (χ4v) is 5.05. The average Bonchev–Trinajstić information content (AvgIpc) is 3.40. The van der Waals surface area contributed by atoms with Gasteiger partial charge in [-0.15, -0.1) is 0 Å². The highest BCUT2D eigenvalue weighted by molar-refractivity contribution is 5.72. The molecule has 3 aliphatic rings. The minimum absolute atomic E-state index is 0.0750. The molecule has 0 radical (unpaired) electrons. The third-order valence-electron chi connectivity index (χ3n) is 6.63. The van der Waals surface area contributed by atoms with Gasteiger partial charge >= 0.3 is 6.09 Å². The first kappa shape index (κ1) is 18.3. The molecule has 0 unspecified atom stereocenters. The second-order valence-corrected chi connectivity index (χ2v) is 8.38. The van der Waals surface area contributed by atoms with Crippen LogP contribution in [0, 0.1) is 0 Å². The van der Waals surface area contributed by atoms with E-state index in [9.17, 15) is 4.79 Å². The first-order chi connectivity index (χ1) is 15.3. The summed E-state index contributed by atoms with van der Waals surface area (Å²) < 4.78 is 16.6. The third kappa shape index (κ3) is 3.21. The van der Waals surface area contributed by atoms with E-state index in [-0.39, 0.29) is 18.9 Å². The van der Waals surface area contributed by atoms with Crippen LogP contribution in [0.15, 0.2) is 66.7 Å². The van der Waals surface area contributed by atoms with Gasteiger partial charge in [0.25, 0.3) is 0 Å². The number of carbonyl (C=O) groups is 1. The standard InChI is InChI=1S/C26H23NO4/c28-26(29-15-17-4-2-1-3-5-17)27-11-10-20-13-23(27)22-12-18(6-8-21(20)22)19-7-9-24-25(14-19)31-16-30-24/h1-9,12,14,20,23H,10-11,13,15-16H2/t20-,23+/m1/s1. The van der Waals surface area contributed by atoms with Gasteiger partial charge in [0.15, 0.2) is 11.5 Å². The maximum atomic E-state index is 12.9. The van der Waals surface area contributed by atoms with Gasteiger partial charge < -0.3 is 19.1 Å². The number of likely N-dealkylation sites (tertiary alicyclic amines) is 1. The van der Waals surface area contributed by atoms with Gasteiger partial charge in [0.1, 0.15) is 6.61 Å². The van der Waals surface area contributed by atoms with Crippen LogP contribution in [0.3, 0.4) is 0 Å². The van der Waals surface area contributed by atoms with Crippen LogP contribution >= 0.6 is 0 Å². The molecule has 6 rings (SSSR count). The largest absolute Gasteiger partial charge is 0.454 e. The summed E-state index contributed by atoms with van der Waals surface area (Å²) >= 11 is 0. The van der Waals surface area contributed by atoms with Gasteiger partial charge in [0.05, 0.1) is 6.04 Å². The Bertz CT molecular complexity index is 1140. The van der Waals surface area contributed by atoms with E-state index < -0.39 is 0 Å². The SMILES string of the molecule is O=C(OCc1ccccc1)N1CC[C@@H]2C[C@H]1c1cc(-c3ccc4c(c3)OCO4)ccc12. The summed E-state index contributed by atoms with van der Waals surface area (Å²) in [5.74, 6) is 2.08. The fourth-order valence-electron chi connectivity index (χ4n) is 5.05. The molecule has 2 aliphatic heterocycles. The summed E-state index contributed by atoms with van der Waals surface area (Å²) in [6, 6.07) is 22.6. The number of rotatable bonds is 3. The monoisotopic (exact) mass is 413 g/mol. The number of carbonyl (C=O) groups excluding carboxylic acids is 1. The number of benzene rings is 3. The van der Waals surface area contributed by atoms with Crippen LogP contribution in [0.2, 0.25) is 0 Å². The van der Waals surface area contributed by atoms with Crippen LogP contribution in [-0.4, -0.2) is 24.3 Å². The van der Waals surface area contributed by atoms with Crippen molar-refractivity contribution in [2.75, 3.05) is 13.3 Å². The van der Waals surface area contributed by atoms with E-state index in [1.165, 1.54) is 11.1 Å². The maximum Gasteiger partial charge on any atom is 0.410 e. The maximum absolute atomic E-state index is 12.9. The van der Waals surface area contributed by atoms with Crippen molar-refractivity contribution in [3.05, 3.63) is 83.4 Å². The highest BCUT2D eigenvalue weighted by atomic mass is 16.7. The predicted octanol–water partition coefficient (Wildman–Crippen LogP) is 5.65. The van der Waals surface area contributed by atoms with Gasteiger partial charge in [-0.3, -0.25) is 0 Å². The number of amides is 1. The normalized spacial score (nSPS) is 20.5. The molecule has 1 fully saturated rings. The summed E-state index contributed by atoms with van der Waals surface area (Å²) in [4.78, 5) is 14.8. The van der Waals surface area contributed by atoms with Gasteiger partial charge in [-0.1, -0.05) is 48.5 Å². The van der Waals surface area contributed by atoms with Gasteiger partial charge in [-0.25, -0.2) is 4.79 Å². The highest BCUT2D eigenvalue weighted by Gasteiger charge is 2.41. The first-order valence-corrected chi connectivity index (χ1v) is 10.8. The fraction of sp³-hybridized carbons (Fsp3) is 0.269. The lowest BCUT2D eigenvalue weighted by atomic mass is 9.95. The van der Waals surface area contributed by atoms with Crippen molar-refractivity contribution in [1.29, 1.82) is 0 Å². The molecule has 156 valence electrons. The Kier molecular flexibility index (Phi) is 4.34. The van der Waals surface area contributed by atoms with Crippen molar-refractivity contribution < 1.29 is 19.0 Å². The number of nitrogens with zero attached hydrogens (tertiary/aromatic N) is 1. The molecule has 5 heteroatoms. The molecule has 2 heterocycles. The molecule has 1 aliphatic carbocycles. The molecule has 31 heavy (non-hydrogen) atoms. The molecule has 0 N–H and O–H groups in total. The van der Waals surface area contributed by atoms with Crippen molar-refractivity contribution in [2.24, 2.45) is 0 Å². The number of ether oxygens (including phenoxy) is 3. The van der Waals surface area contributed by atoms with Crippen molar-refractivity contribution in [2.45, 2.75) is 31.4 Å². The first-order valence-electron chi connectivity index (χ1n) is 10.8. The van der Waals surface area contributed by atoms with Crippen molar-refractivity contribution in [3.8, 4) is 22.6 Å². The van der Waals surface area contributed by atoms with E-state index in [0.717, 1.165) is 47.6 Å². The Morgan fingerprint density at radius 1 is 0.935 bits per heavy atom. The number of fused-ring (bicyclic) bond motifs is 6. The number of piperidine rings is 1. The van der Waals surface area contributed by atoms with Crippen LogP contribution in [0.5, 0.6) is 11.5 Å². The molecular weight excluding hydrogens is 390 g/mol. The molecular formula is C26H23NO4. The van der Waals surface area contributed by atoms with E-state index in [1.54, 1.807) is 0 Å². The van der Waals surface area contributed by atoms with E-state index in [2.05, 4.69) is 24.3 Å². The lowest BCUT2D eigenvalue weighted by Gasteiger charge is -2.33. The van der Waals surface area contributed by atoms with Crippen LogP contribution in [-0.2, 0) is 11.3 Å². The third-order valence-corrected chi connectivity index (χ3v) is 6.63. The van der Waals surface area contributed by atoms with Crippen LogP contribution in [0.4, 0.5) is 4.79 Å². The second-order valence-electron chi connectivity index (χ2n) is 8.38. The van der Waals surface area contributed by atoms with Crippen LogP contribution < -0.4 is 9.47 Å². The summed E-state index contributed by atoms with van der Waals surface area (Å²) in [6.07, 6.45) is 1.72. The van der Waals surface area contributed by atoms with Crippen molar-refractivity contribution in [1.82, 2.24) is 4.90 Å². The molecule has 3 aromatic carbocycles. The van der Waals surface area contributed by atoms with E-state index in [4.69, 9.17) is 14.2 Å². The molecule has 0 saturated carbocycles. The molecule has 1 saturated heterocycles. The summed E-state index contributed by atoms with van der Waals surface area (Å²) in [6.45, 7) is 1.31. The topological polar surface area (TPSA) is 48.0 Å². The molecule has 0 aromatic heterocycles. The Morgan fingerprint density at radius 3 is 2.65 bits per heavy atom. The zero-order valence-corrected chi connectivity index (χ0v) is 17.1. The van der Waals surface area contributed by atoms with Crippen LogP contribution in [0.25, 0.3) is 11.1 Å². The number of hydrogen-bond acceptors (Lipinski definition) is 4.